The van der Waals surface area contributed by atoms with Gasteiger partial charge in [-0.2, -0.15) is 0 Å². The summed E-state index contributed by atoms with van der Waals surface area (Å²) < 4.78 is 10.6. The minimum atomic E-state index is -0.437. The Morgan fingerprint density at radius 1 is 1.31 bits per heavy atom. The molecule has 0 amide bonds. The zero-order valence-electron chi connectivity index (χ0n) is 9.66. The molecule has 0 spiro atoms. The quantitative estimate of drug-likeness (QED) is 0.435. The second-order valence-corrected chi connectivity index (χ2v) is 3.47. The largest absolute Gasteiger partial charge is 0.490 e. The molecule has 3 heteroatoms. The van der Waals surface area contributed by atoms with Gasteiger partial charge in [0.2, 0.25) is 0 Å². The number of para-hydroxylation sites is 2. The summed E-state index contributed by atoms with van der Waals surface area (Å²) in [6.45, 7) is 7.75. The average molecular weight is 220 g/mol. The van der Waals surface area contributed by atoms with Crippen LogP contribution < -0.4 is 9.47 Å². The molecule has 0 N–H and O–H groups in total. The Hall–Kier alpha value is -1.77. The van der Waals surface area contributed by atoms with Gasteiger partial charge in [-0.25, -0.2) is 4.79 Å². The van der Waals surface area contributed by atoms with Crippen molar-refractivity contribution in [3.8, 4) is 11.5 Å². The Balaban J connectivity index is 2.78. The maximum absolute atomic E-state index is 11.4. The minimum Gasteiger partial charge on any atom is -0.490 e. The lowest BCUT2D eigenvalue weighted by Crippen LogP contribution is -2.09. The summed E-state index contributed by atoms with van der Waals surface area (Å²) in [6.07, 6.45) is 0.906. The summed E-state index contributed by atoms with van der Waals surface area (Å²) in [4.78, 5) is 11.4. The summed E-state index contributed by atoms with van der Waals surface area (Å²) in [6, 6.07) is 7.10. The lowest BCUT2D eigenvalue weighted by Gasteiger charge is -2.10. The van der Waals surface area contributed by atoms with Crippen molar-refractivity contribution in [2.45, 2.75) is 20.3 Å². The summed E-state index contributed by atoms with van der Waals surface area (Å²) in [5, 5.41) is 0. The number of benzene rings is 1. The van der Waals surface area contributed by atoms with Crippen LogP contribution >= 0.6 is 0 Å². The molecule has 0 radical (unpaired) electrons. The molecule has 0 aliphatic rings. The van der Waals surface area contributed by atoms with Crippen LogP contribution in [0.5, 0.6) is 11.5 Å². The van der Waals surface area contributed by atoms with Crippen molar-refractivity contribution in [1.29, 1.82) is 0 Å². The highest BCUT2D eigenvalue weighted by Gasteiger charge is 2.09. The molecular formula is C13H16O3. The van der Waals surface area contributed by atoms with Crippen LogP contribution in [0.15, 0.2) is 36.4 Å². The van der Waals surface area contributed by atoms with Crippen LogP contribution in [-0.2, 0) is 4.79 Å². The number of carbonyl (C=O) groups is 1. The maximum Gasteiger partial charge on any atom is 0.338 e. The number of hydrogen-bond acceptors (Lipinski definition) is 3. The molecule has 0 aliphatic carbocycles. The van der Waals surface area contributed by atoms with Gasteiger partial charge >= 0.3 is 5.97 Å². The van der Waals surface area contributed by atoms with Crippen LogP contribution in [0.3, 0.4) is 0 Å². The summed E-state index contributed by atoms with van der Waals surface area (Å²) in [7, 11) is 0. The molecule has 1 aromatic carbocycles. The van der Waals surface area contributed by atoms with Gasteiger partial charge in [-0.05, 0) is 25.5 Å². The van der Waals surface area contributed by atoms with Gasteiger partial charge in [0.1, 0.15) is 0 Å². The van der Waals surface area contributed by atoms with Crippen LogP contribution in [0.25, 0.3) is 0 Å². The van der Waals surface area contributed by atoms with Gasteiger partial charge < -0.3 is 9.47 Å². The first kappa shape index (κ1) is 12.3. The van der Waals surface area contributed by atoms with Gasteiger partial charge in [0.15, 0.2) is 11.5 Å². The molecule has 1 aromatic rings. The van der Waals surface area contributed by atoms with Crippen molar-refractivity contribution < 1.29 is 14.3 Å². The van der Waals surface area contributed by atoms with E-state index in [1.165, 1.54) is 0 Å². The molecule has 0 aromatic heterocycles. The highest BCUT2D eigenvalue weighted by atomic mass is 16.6. The number of ether oxygens (including phenoxy) is 2. The molecule has 0 saturated carbocycles. The third-order valence-electron chi connectivity index (χ3n) is 1.86. The summed E-state index contributed by atoms with van der Waals surface area (Å²) in [5.74, 6) is 0.579. The predicted octanol–water partition coefficient (Wildman–Crippen LogP) is 2.96. The monoisotopic (exact) mass is 220 g/mol. The second kappa shape index (κ2) is 5.95. The Bertz CT molecular complexity index is 383. The molecule has 1 rings (SSSR count). The number of esters is 1. The third-order valence-corrected chi connectivity index (χ3v) is 1.86. The summed E-state index contributed by atoms with van der Waals surface area (Å²) >= 11 is 0. The van der Waals surface area contributed by atoms with E-state index in [2.05, 4.69) is 6.58 Å². The van der Waals surface area contributed by atoms with Gasteiger partial charge in [0.25, 0.3) is 0 Å². The van der Waals surface area contributed by atoms with Crippen molar-refractivity contribution in [2.75, 3.05) is 6.61 Å². The molecular weight excluding hydrogens is 204 g/mol. The molecule has 16 heavy (non-hydrogen) atoms. The van der Waals surface area contributed by atoms with Crippen molar-refractivity contribution in [1.82, 2.24) is 0 Å². The van der Waals surface area contributed by atoms with E-state index < -0.39 is 5.97 Å². The first-order valence-electron chi connectivity index (χ1n) is 5.24. The first-order chi connectivity index (χ1) is 7.65. The van der Waals surface area contributed by atoms with Crippen LogP contribution in [0, 0.1) is 0 Å². The van der Waals surface area contributed by atoms with Crippen molar-refractivity contribution in [2.24, 2.45) is 0 Å². The standard InChI is InChI=1S/C13H16O3/c1-4-9-15-11-7-5-6-8-12(11)16-13(14)10(2)3/h5-8H,2,4,9H2,1,3H3. The lowest BCUT2D eigenvalue weighted by atomic mass is 10.3. The van der Waals surface area contributed by atoms with E-state index in [1.807, 2.05) is 13.0 Å². The second-order valence-electron chi connectivity index (χ2n) is 3.47. The summed E-state index contributed by atoms with van der Waals surface area (Å²) in [5.41, 5.74) is 0.366. The molecule has 0 heterocycles. The fourth-order valence-corrected chi connectivity index (χ4v) is 1.05. The van der Waals surface area contributed by atoms with Gasteiger partial charge in [0.05, 0.1) is 6.61 Å². The maximum atomic E-state index is 11.4. The van der Waals surface area contributed by atoms with Crippen LogP contribution in [-0.4, -0.2) is 12.6 Å². The topological polar surface area (TPSA) is 35.5 Å². The average Bonchev–Trinajstić information content (AvgIpc) is 2.27. The molecule has 0 saturated heterocycles. The molecule has 86 valence electrons. The fraction of sp³-hybridized carbons (Fsp3) is 0.308. The minimum absolute atomic E-state index is 0.366. The molecule has 0 unspecified atom stereocenters. The molecule has 0 fully saturated rings. The van der Waals surface area contributed by atoms with Gasteiger partial charge in [-0.15, -0.1) is 0 Å². The van der Waals surface area contributed by atoms with Crippen molar-refractivity contribution in [3.63, 3.8) is 0 Å². The van der Waals surface area contributed by atoms with E-state index in [4.69, 9.17) is 9.47 Å². The molecule has 0 aliphatic heterocycles. The van der Waals surface area contributed by atoms with E-state index in [1.54, 1.807) is 25.1 Å². The Labute approximate surface area is 95.7 Å². The number of carbonyl (C=O) groups excluding carboxylic acids is 1. The SMILES string of the molecule is C=C(C)C(=O)Oc1ccccc1OCCC. The van der Waals surface area contributed by atoms with Crippen LogP contribution in [0.1, 0.15) is 20.3 Å². The molecule has 3 nitrogen and oxygen atoms in total. The Kier molecular flexibility index (Phi) is 4.58. The zero-order valence-corrected chi connectivity index (χ0v) is 9.66. The van der Waals surface area contributed by atoms with E-state index in [0.29, 0.717) is 23.7 Å². The zero-order chi connectivity index (χ0) is 12.0. The van der Waals surface area contributed by atoms with Gasteiger partial charge in [0, 0.05) is 5.57 Å². The third kappa shape index (κ3) is 3.42. The normalized spacial score (nSPS) is 9.62. The van der Waals surface area contributed by atoms with E-state index in [-0.39, 0.29) is 0 Å². The number of hydrogen-bond donors (Lipinski definition) is 0. The van der Waals surface area contributed by atoms with Gasteiger partial charge in [-0.3, -0.25) is 0 Å². The predicted molar refractivity (Wildman–Crippen MR) is 62.7 cm³/mol. The highest BCUT2D eigenvalue weighted by molar-refractivity contribution is 5.89. The van der Waals surface area contributed by atoms with E-state index >= 15 is 0 Å². The lowest BCUT2D eigenvalue weighted by molar-refractivity contribution is -0.130. The number of rotatable bonds is 5. The van der Waals surface area contributed by atoms with Crippen LogP contribution in [0.2, 0.25) is 0 Å². The molecule has 0 bridgehead atoms. The van der Waals surface area contributed by atoms with Gasteiger partial charge in [-0.1, -0.05) is 25.6 Å². The van der Waals surface area contributed by atoms with E-state index in [9.17, 15) is 4.79 Å². The Morgan fingerprint density at radius 2 is 1.94 bits per heavy atom. The van der Waals surface area contributed by atoms with Crippen LogP contribution in [0.4, 0.5) is 0 Å². The Morgan fingerprint density at radius 3 is 2.50 bits per heavy atom. The van der Waals surface area contributed by atoms with Crippen molar-refractivity contribution >= 4 is 5.97 Å². The fourth-order valence-electron chi connectivity index (χ4n) is 1.05. The van der Waals surface area contributed by atoms with Crippen molar-refractivity contribution in [3.05, 3.63) is 36.4 Å². The smallest absolute Gasteiger partial charge is 0.338 e. The molecule has 0 atom stereocenters. The van der Waals surface area contributed by atoms with E-state index in [0.717, 1.165) is 6.42 Å². The highest BCUT2D eigenvalue weighted by Crippen LogP contribution is 2.27. The first-order valence-corrected chi connectivity index (χ1v) is 5.24.